The molecule has 0 radical (unpaired) electrons. The third-order valence-corrected chi connectivity index (χ3v) is 6.38. The first kappa shape index (κ1) is 22.0. The number of carbonyl (C=O) groups is 3. The zero-order valence-corrected chi connectivity index (χ0v) is 18.8. The predicted octanol–water partition coefficient (Wildman–Crippen LogP) is 4.97. The molecule has 0 bridgehead atoms. The fourth-order valence-electron chi connectivity index (χ4n) is 4.56. The maximum absolute atomic E-state index is 13.5. The van der Waals surface area contributed by atoms with E-state index in [1.54, 1.807) is 23.1 Å². The van der Waals surface area contributed by atoms with Crippen molar-refractivity contribution in [2.75, 3.05) is 11.4 Å². The van der Waals surface area contributed by atoms with Crippen LogP contribution >= 0.6 is 0 Å². The Hall–Kier alpha value is -3.21. The van der Waals surface area contributed by atoms with Crippen LogP contribution in [-0.2, 0) is 9.59 Å². The molecule has 2 aromatic rings. The number of hydrogen-bond acceptors (Lipinski definition) is 3. The smallest absolute Gasteiger partial charge is 0.257 e. The lowest BCUT2D eigenvalue weighted by Gasteiger charge is -2.29. The Kier molecular flexibility index (Phi) is 6.54. The van der Waals surface area contributed by atoms with Crippen molar-refractivity contribution in [2.24, 2.45) is 0 Å². The van der Waals surface area contributed by atoms with Gasteiger partial charge in [-0.05, 0) is 70.2 Å². The third kappa shape index (κ3) is 4.67. The summed E-state index contributed by atoms with van der Waals surface area (Å²) in [5, 5.41) is 0. The van der Waals surface area contributed by atoms with Crippen molar-refractivity contribution in [3.8, 4) is 0 Å². The van der Waals surface area contributed by atoms with Crippen LogP contribution in [0.2, 0.25) is 0 Å². The minimum absolute atomic E-state index is 0.0172. The van der Waals surface area contributed by atoms with Crippen molar-refractivity contribution in [1.29, 1.82) is 0 Å². The van der Waals surface area contributed by atoms with Crippen LogP contribution in [0.3, 0.4) is 0 Å². The van der Waals surface area contributed by atoms with Crippen LogP contribution in [0.15, 0.2) is 60.2 Å². The molecule has 0 N–H and O–H groups in total. The van der Waals surface area contributed by atoms with E-state index in [2.05, 4.69) is 6.08 Å². The molecule has 2 aromatic carbocycles. The summed E-state index contributed by atoms with van der Waals surface area (Å²) in [7, 11) is 0. The van der Waals surface area contributed by atoms with E-state index >= 15 is 0 Å². The number of nitrogens with zero attached hydrogens (tertiary/aromatic N) is 2. The van der Waals surface area contributed by atoms with Crippen molar-refractivity contribution in [1.82, 2.24) is 4.90 Å². The maximum atomic E-state index is 13.5. The molecule has 0 spiro atoms. The Labute approximate surface area is 189 Å². The van der Waals surface area contributed by atoms with Gasteiger partial charge in [-0.1, -0.05) is 47.0 Å². The second-order valence-corrected chi connectivity index (χ2v) is 8.85. The molecule has 1 aliphatic heterocycles. The van der Waals surface area contributed by atoms with E-state index in [0.717, 1.165) is 30.4 Å². The highest BCUT2D eigenvalue weighted by molar-refractivity contribution is 6.23. The Bertz CT molecular complexity index is 1050. The van der Waals surface area contributed by atoms with Crippen LogP contribution in [-0.4, -0.2) is 35.2 Å². The summed E-state index contributed by atoms with van der Waals surface area (Å²) in [4.78, 5) is 42.6. The monoisotopic (exact) mass is 430 g/mol. The highest BCUT2D eigenvalue weighted by Crippen LogP contribution is 2.28. The fraction of sp³-hybridized carbons (Fsp3) is 0.370. The Morgan fingerprint density at radius 2 is 1.81 bits per heavy atom. The van der Waals surface area contributed by atoms with Gasteiger partial charge in [0.15, 0.2) is 0 Å². The number of amides is 3. The summed E-state index contributed by atoms with van der Waals surface area (Å²) in [6, 6.07) is 14.0. The van der Waals surface area contributed by atoms with E-state index < -0.39 is 6.04 Å². The number of imide groups is 1. The van der Waals surface area contributed by atoms with Crippen molar-refractivity contribution >= 4 is 23.4 Å². The molecule has 1 saturated heterocycles. The number of benzene rings is 2. The van der Waals surface area contributed by atoms with Crippen LogP contribution in [0.1, 0.15) is 60.0 Å². The highest BCUT2D eigenvalue weighted by atomic mass is 16.2. The fourth-order valence-corrected chi connectivity index (χ4v) is 4.56. The van der Waals surface area contributed by atoms with E-state index in [-0.39, 0.29) is 24.1 Å². The van der Waals surface area contributed by atoms with Gasteiger partial charge in [0.05, 0.1) is 12.1 Å². The second-order valence-electron chi connectivity index (χ2n) is 8.85. The Balaban J connectivity index is 1.61. The van der Waals surface area contributed by atoms with Gasteiger partial charge < -0.3 is 4.90 Å². The van der Waals surface area contributed by atoms with E-state index in [4.69, 9.17) is 0 Å². The minimum atomic E-state index is -0.777. The van der Waals surface area contributed by atoms with Crippen LogP contribution in [0, 0.1) is 13.8 Å². The summed E-state index contributed by atoms with van der Waals surface area (Å²) in [5.74, 6) is -0.776. The van der Waals surface area contributed by atoms with Gasteiger partial charge in [-0.25, -0.2) is 4.90 Å². The number of carbonyl (C=O) groups excluding carboxylic acids is 3. The van der Waals surface area contributed by atoms with Gasteiger partial charge in [-0.2, -0.15) is 0 Å². The standard InChI is InChI=1S/C27H30N2O3/c1-19-11-13-23(14-12-19)29-25(30)18-24(27(29)32)28(16-15-21-8-4-3-5-9-21)26(31)22-10-6-7-20(2)17-22/h6-8,10-14,17,24H,3-5,9,15-16,18H2,1-2H3. The number of aryl methyl sites for hydroxylation is 2. The topological polar surface area (TPSA) is 57.7 Å². The van der Waals surface area contributed by atoms with Crippen molar-refractivity contribution in [2.45, 2.75) is 58.4 Å². The molecule has 1 heterocycles. The van der Waals surface area contributed by atoms with Crippen LogP contribution < -0.4 is 4.90 Å². The molecule has 4 rings (SSSR count). The van der Waals surface area contributed by atoms with Crippen molar-refractivity contribution < 1.29 is 14.4 Å². The quantitative estimate of drug-likeness (QED) is 0.480. The summed E-state index contributed by atoms with van der Waals surface area (Å²) in [5.41, 5.74) is 4.50. The normalized spacial score (nSPS) is 18.6. The van der Waals surface area contributed by atoms with Gasteiger partial charge in [0.1, 0.15) is 6.04 Å². The molecule has 1 atom stereocenters. The number of hydrogen-bond donors (Lipinski definition) is 0. The molecule has 1 unspecified atom stereocenters. The van der Waals surface area contributed by atoms with E-state index in [1.807, 2.05) is 44.2 Å². The van der Waals surface area contributed by atoms with Crippen LogP contribution in [0.4, 0.5) is 5.69 Å². The molecular weight excluding hydrogens is 400 g/mol. The van der Waals surface area contributed by atoms with Gasteiger partial charge in [-0.15, -0.1) is 0 Å². The van der Waals surface area contributed by atoms with E-state index in [1.165, 1.54) is 23.3 Å². The zero-order chi connectivity index (χ0) is 22.7. The predicted molar refractivity (Wildman–Crippen MR) is 125 cm³/mol. The third-order valence-electron chi connectivity index (χ3n) is 6.38. The van der Waals surface area contributed by atoms with Crippen LogP contribution in [0.25, 0.3) is 0 Å². The van der Waals surface area contributed by atoms with E-state index in [9.17, 15) is 14.4 Å². The first-order chi connectivity index (χ1) is 15.4. The molecule has 1 aliphatic carbocycles. The molecule has 32 heavy (non-hydrogen) atoms. The molecule has 0 saturated carbocycles. The van der Waals surface area contributed by atoms with E-state index in [0.29, 0.717) is 17.8 Å². The Morgan fingerprint density at radius 3 is 2.50 bits per heavy atom. The van der Waals surface area contributed by atoms with Gasteiger partial charge in [0, 0.05) is 12.1 Å². The molecule has 2 aliphatic rings. The average Bonchev–Trinajstić information content (AvgIpc) is 3.09. The second kappa shape index (κ2) is 9.51. The molecular formula is C27H30N2O3. The van der Waals surface area contributed by atoms with Gasteiger partial charge in [0.25, 0.3) is 11.8 Å². The Morgan fingerprint density at radius 1 is 1.03 bits per heavy atom. The van der Waals surface area contributed by atoms with Gasteiger partial charge in [-0.3, -0.25) is 14.4 Å². The summed E-state index contributed by atoms with van der Waals surface area (Å²) < 4.78 is 0. The zero-order valence-electron chi connectivity index (χ0n) is 18.8. The first-order valence-corrected chi connectivity index (χ1v) is 11.4. The molecule has 3 amide bonds. The lowest BCUT2D eigenvalue weighted by atomic mass is 9.96. The summed E-state index contributed by atoms with van der Waals surface area (Å²) in [6.45, 7) is 4.34. The number of allylic oxidation sites excluding steroid dienone is 1. The lowest BCUT2D eigenvalue weighted by Crippen LogP contribution is -2.46. The number of rotatable bonds is 6. The summed E-state index contributed by atoms with van der Waals surface area (Å²) >= 11 is 0. The average molecular weight is 431 g/mol. The maximum Gasteiger partial charge on any atom is 0.257 e. The molecule has 5 nitrogen and oxygen atoms in total. The SMILES string of the molecule is Cc1ccc(N2C(=O)CC(N(CCC3=CCCCC3)C(=O)c3cccc(C)c3)C2=O)cc1. The van der Waals surface area contributed by atoms with Crippen molar-refractivity contribution in [3.63, 3.8) is 0 Å². The van der Waals surface area contributed by atoms with Crippen molar-refractivity contribution in [3.05, 3.63) is 76.9 Å². The molecule has 1 fully saturated rings. The number of anilines is 1. The van der Waals surface area contributed by atoms with Gasteiger partial charge in [0.2, 0.25) is 5.91 Å². The molecule has 166 valence electrons. The van der Waals surface area contributed by atoms with Gasteiger partial charge >= 0.3 is 0 Å². The molecule has 0 aromatic heterocycles. The largest absolute Gasteiger partial charge is 0.326 e. The highest BCUT2D eigenvalue weighted by Gasteiger charge is 2.44. The lowest BCUT2D eigenvalue weighted by molar-refractivity contribution is -0.122. The minimum Gasteiger partial charge on any atom is -0.326 e. The summed E-state index contributed by atoms with van der Waals surface area (Å²) in [6.07, 6.45) is 7.50. The molecule has 5 heteroatoms. The van der Waals surface area contributed by atoms with Crippen LogP contribution in [0.5, 0.6) is 0 Å². The first-order valence-electron chi connectivity index (χ1n) is 11.4.